The molecule has 96 valence electrons. The number of methoxy groups -OCH3 is 1. The van der Waals surface area contributed by atoms with Crippen LogP contribution in [0.1, 0.15) is 5.89 Å². The number of rotatable bonds is 5. The molecule has 0 amide bonds. The van der Waals surface area contributed by atoms with E-state index < -0.39 is 5.82 Å². The molecular formula is C11H13FN4O2. The van der Waals surface area contributed by atoms with Gasteiger partial charge in [-0.25, -0.2) is 4.39 Å². The van der Waals surface area contributed by atoms with Crippen LogP contribution in [0, 0.1) is 5.82 Å². The van der Waals surface area contributed by atoms with E-state index >= 15 is 0 Å². The van der Waals surface area contributed by atoms with Gasteiger partial charge in [0.1, 0.15) is 0 Å². The number of nitrogens with two attached hydrogens (primary N) is 1. The SMILES string of the molecule is COc1cc(Nc2nnc(CCN)o2)ccc1F. The third kappa shape index (κ3) is 2.75. The summed E-state index contributed by atoms with van der Waals surface area (Å²) in [6, 6.07) is 4.57. The van der Waals surface area contributed by atoms with E-state index in [1.165, 1.54) is 19.2 Å². The molecule has 18 heavy (non-hydrogen) atoms. The van der Waals surface area contributed by atoms with Crippen LogP contribution >= 0.6 is 0 Å². The number of ether oxygens (including phenoxy) is 1. The van der Waals surface area contributed by atoms with Crippen LogP contribution in [-0.4, -0.2) is 23.9 Å². The van der Waals surface area contributed by atoms with Crippen LogP contribution < -0.4 is 15.8 Å². The molecule has 0 unspecified atom stereocenters. The molecule has 0 spiro atoms. The van der Waals surface area contributed by atoms with Crippen molar-refractivity contribution in [1.29, 1.82) is 0 Å². The first kappa shape index (κ1) is 12.3. The average molecular weight is 252 g/mol. The zero-order chi connectivity index (χ0) is 13.0. The van der Waals surface area contributed by atoms with Gasteiger partial charge in [-0.1, -0.05) is 5.10 Å². The molecule has 0 bridgehead atoms. The third-order valence-electron chi connectivity index (χ3n) is 2.23. The molecule has 7 heteroatoms. The number of hydrogen-bond donors (Lipinski definition) is 2. The molecule has 1 aromatic heterocycles. The predicted octanol–water partition coefficient (Wildman–Crippen LogP) is 1.46. The largest absolute Gasteiger partial charge is 0.494 e. The summed E-state index contributed by atoms with van der Waals surface area (Å²) in [5.41, 5.74) is 5.96. The van der Waals surface area contributed by atoms with Gasteiger partial charge in [-0.2, -0.15) is 0 Å². The van der Waals surface area contributed by atoms with Crippen molar-refractivity contribution in [2.24, 2.45) is 5.73 Å². The topological polar surface area (TPSA) is 86.2 Å². The van der Waals surface area contributed by atoms with E-state index in [2.05, 4.69) is 15.5 Å². The second kappa shape index (κ2) is 5.46. The molecule has 0 atom stereocenters. The molecule has 0 radical (unpaired) electrons. The number of nitrogens with zero attached hydrogens (tertiary/aromatic N) is 2. The van der Waals surface area contributed by atoms with E-state index in [1.807, 2.05) is 0 Å². The van der Waals surface area contributed by atoms with Crippen LogP contribution in [0.2, 0.25) is 0 Å². The molecule has 0 saturated heterocycles. The second-order valence-electron chi connectivity index (χ2n) is 3.51. The van der Waals surface area contributed by atoms with Crippen LogP contribution in [0.5, 0.6) is 5.75 Å². The number of benzene rings is 1. The highest BCUT2D eigenvalue weighted by molar-refractivity contribution is 5.55. The van der Waals surface area contributed by atoms with Gasteiger partial charge in [0.15, 0.2) is 11.6 Å². The van der Waals surface area contributed by atoms with Gasteiger partial charge in [0.05, 0.1) is 7.11 Å². The smallest absolute Gasteiger partial charge is 0.320 e. The Morgan fingerprint density at radius 3 is 3.00 bits per heavy atom. The third-order valence-corrected chi connectivity index (χ3v) is 2.23. The maximum atomic E-state index is 13.2. The summed E-state index contributed by atoms with van der Waals surface area (Å²) in [6.07, 6.45) is 0.515. The Labute approximate surface area is 103 Å². The first-order valence-electron chi connectivity index (χ1n) is 5.36. The van der Waals surface area contributed by atoms with E-state index in [4.69, 9.17) is 14.9 Å². The highest BCUT2D eigenvalue weighted by atomic mass is 19.1. The Morgan fingerprint density at radius 1 is 1.44 bits per heavy atom. The number of aromatic nitrogens is 2. The van der Waals surface area contributed by atoms with Crippen molar-refractivity contribution < 1.29 is 13.5 Å². The van der Waals surface area contributed by atoms with Crippen LogP contribution in [0.25, 0.3) is 0 Å². The van der Waals surface area contributed by atoms with Gasteiger partial charge in [-0.3, -0.25) is 0 Å². The highest BCUT2D eigenvalue weighted by Crippen LogP contribution is 2.23. The number of halogens is 1. The van der Waals surface area contributed by atoms with Crippen molar-refractivity contribution in [1.82, 2.24) is 10.2 Å². The molecule has 0 fully saturated rings. The summed E-state index contributed by atoms with van der Waals surface area (Å²) in [4.78, 5) is 0. The molecule has 0 aliphatic carbocycles. The van der Waals surface area contributed by atoms with E-state index in [1.54, 1.807) is 6.07 Å². The first-order valence-corrected chi connectivity index (χ1v) is 5.36. The fourth-order valence-electron chi connectivity index (χ4n) is 1.39. The lowest BCUT2D eigenvalue weighted by Gasteiger charge is -2.05. The van der Waals surface area contributed by atoms with Gasteiger partial charge >= 0.3 is 6.01 Å². The van der Waals surface area contributed by atoms with Crippen LogP contribution in [0.3, 0.4) is 0 Å². The van der Waals surface area contributed by atoms with Crippen molar-refractivity contribution in [3.63, 3.8) is 0 Å². The lowest BCUT2D eigenvalue weighted by molar-refractivity contribution is 0.387. The maximum Gasteiger partial charge on any atom is 0.320 e. The fourth-order valence-corrected chi connectivity index (χ4v) is 1.39. The van der Waals surface area contributed by atoms with E-state index in [0.717, 1.165) is 0 Å². The zero-order valence-corrected chi connectivity index (χ0v) is 9.81. The van der Waals surface area contributed by atoms with Gasteiger partial charge in [-0.15, -0.1) is 5.10 Å². The van der Waals surface area contributed by atoms with Crippen molar-refractivity contribution in [2.45, 2.75) is 6.42 Å². The Balaban J connectivity index is 2.12. The molecule has 6 nitrogen and oxygen atoms in total. The summed E-state index contributed by atoms with van der Waals surface area (Å²) in [7, 11) is 1.40. The molecular weight excluding hydrogens is 239 g/mol. The molecule has 0 saturated carbocycles. The van der Waals surface area contributed by atoms with Crippen molar-refractivity contribution in [2.75, 3.05) is 19.0 Å². The van der Waals surface area contributed by atoms with Gasteiger partial charge in [0.2, 0.25) is 5.89 Å². The molecule has 1 heterocycles. The number of nitrogens with one attached hydrogen (secondary N) is 1. The van der Waals surface area contributed by atoms with Crippen LogP contribution in [-0.2, 0) is 6.42 Å². The van der Waals surface area contributed by atoms with E-state index in [0.29, 0.717) is 24.5 Å². The summed E-state index contributed by atoms with van der Waals surface area (Å²) < 4.78 is 23.3. The lowest BCUT2D eigenvalue weighted by atomic mass is 10.3. The Kier molecular flexibility index (Phi) is 3.73. The van der Waals surface area contributed by atoms with Gasteiger partial charge in [-0.05, 0) is 12.1 Å². The summed E-state index contributed by atoms with van der Waals surface area (Å²) >= 11 is 0. The van der Waals surface area contributed by atoms with Gasteiger partial charge < -0.3 is 20.2 Å². The second-order valence-corrected chi connectivity index (χ2v) is 3.51. The van der Waals surface area contributed by atoms with Gasteiger partial charge in [0.25, 0.3) is 0 Å². The van der Waals surface area contributed by atoms with Crippen molar-refractivity contribution in [3.05, 3.63) is 29.9 Å². The first-order chi connectivity index (χ1) is 8.72. The Hall–Kier alpha value is -2.15. The van der Waals surface area contributed by atoms with E-state index in [-0.39, 0.29) is 11.8 Å². The number of anilines is 2. The van der Waals surface area contributed by atoms with Crippen molar-refractivity contribution >= 4 is 11.7 Å². The predicted molar refractivity (Wildman–Crippen MR) is 63.3 cm³/mol. The summed E-state index contributed by atoms with van der Waals surface area (Å²) in [5.74, 6) is 0.160. The quantitative estimate of drug-likeness (QED) is 0.837. The zero-order valence-electron chi connectivity index (χ0n) is 9.81. The molecule has 0 aliphatic heterocycles. The molecule has 2 aromatic rings. The average Bonchev–Trinajstić information content (AvgIpc) is 2.80. The van der Waals surface area contributed by atoms with E-state index in [9.17, 15) is 4.39 Å². The molecule has 3 N–H and O–H groups in total. The molecule has 1 aromatic carbocycles. The molecule has 2 rings (SSSR count). The normalized spacial score (nSPS) is 10.4. The Morgan fingerprint density at radius 2 is 2.28 bits per heavy atom. The highest BCUT2D eigenvalue weighted by Gasteiger charge is 2.08. The van der Waals surface area contributed by atoms with Crippen LogP contribution in [0.4, 0.5) is 16.1 Å². The fraction of sp³-hybridized carbons (Fsp3) is 0.273. The van der Waals surface area contributed by atoms with Crippen LogP contribution in [0.15, 0.2) is 22.6 Å². The summed E-state index contributed by atoms with van der Waals surface area (Å²) in [5, 5.41) is 10.4. The lowest BCUT2D eigenvalue weighted by Crippen LogP contribution is -2.02. The standard InChI is InChI=1S/C11H13FN4O2/c1-17-9-6-7(2-3-8(9)12)14-11-16-15-10(18-11)4-5-13/h2-3,6H,4-5,13H2,1H3,(H,14,16). The minimum absolute atomic E-state index is 0.140. The van der Waals surface area contributed by atoms with Crippen molar-refractivity contribution in [3.8, 4) is 5.75 Å². The monoisotopic (exact) mass is 252 g/mol. The minimum Gasteiger partial charge on any atom is -0.494 e. The minimum atomic E-state index is -0.433. The summed E-state index contributed by atoms with van der Waals surface area (Å²) in [6.45, 7) is 0.437. The maximum absolute atomic E-state index is 13.2. The van der Waals surface area contributed by atoms with Gasteiger partial charge in [0, 0.05) is 24.7 Å². The molecule has 0 aliphatic rings. The Bertz CT molecular complexity index is 530. The number of hydrogen-bond acceptors (Lipinski definition) is 6.